The van der Waals surface area contributed by atoms with Crippen molar-refractivity contribution in [3.8, 4) is 0 Å². The Hall–Kier alpha value is -1.29. The fraction of sp³-hybridized carbons (Fsp3) is 0.643. The van der Waals surface area contributed by atoms with Gasteiger partial charge in [0.1, 0.15) is 0 Å². The number of carbonyl (C=O) groups is 1. The molecular formula is C14H23N3O. The first-order valence-electron chi connectivity index (χ1n) is 6.81. The molecule has 1 amide bonds. The molecule has 18 heavy (non-hydrogen) atoms. The SMILES string of the molecule is Cn1cccc1CNC1CCCCCC1C(N)=O. The van der Waals surface area contributed by atoms with Gasteiger partial charge in [0, 0.05) is 31.5 Å². The summed E-state index contributed by atoms with van der Waals surface area (Å²) >= 11 is 0. The first kappa shape index (κ1) is 13.1. The number of hydrogen-bond acceptors (Lipinski definition) is 2. The Morgan fingerprint density at radius 3 is 2.89 bits per heavy atom. The Bertz CT molecular complexity index is 399. The van der Waals surface area contributed by atoms with Crippen molar-refractivity contribution in [2.75, 3.05) is 0 Å². The van der Waals surface area contributed by atoms with E-state index in [1.54, 1.807) is 0 Å². The molecule has 0 spiro atoms. The highest BCUT2D eigenvalue weighted by atomic mass is 16.1. The van der Waals surface area contributed by atoms with E-state index in [1.165, 1.54) is 18.5 Å². The first-order valence-corrected chi connectivity index (χ1v) is 6.81. The molecule has 1 heterocycles. The number of hydrogen-bond donors (Lipinski definition) is 2. The van der Waals surface area contributed by atoms with Gasteiger partial charge in [0.05, 0.1) is 5.92 Å². The molecule has 1 aromatic rings. The van der Waals surface area contributed by atoms with E-state index in [9.17, 15) is 4.79 Å². The number of primary amides is 1. The van der Waals surface area contributed by atoms with Crippen LogP contribution in [0.2, 0.25) is 0 Å². The van der Waals surface area contributed by atoms with Crippen LogP contribution in [0.1, 0.15) is 37.8 Å². The molecule has 1 aliphatic carbocycles. The molecule has 0 saturated heterocycles. The minimum atomic E-state index is -0.152. The predicted molar refractivity (Wildman–Crippen MR) is 71.8 cm³/mol. The van der Waals surface area contributed by atoms with E-state index in [1.807, 2.05) is 19.3 Å². The highest BCUT2D eigenvalue weighted by Gasteiger charge is 2.27. The van der Waals surface area contributed by atoms with Crippen molar-refractivity contribution in [3.63, 3.8) is 0 Å². The Morgan fingerprint density at radius 1 is 1.44 bits per heavy atom. The topological polar surface area (TPSA) is 60.1 Å². The average Bonchev–Trinajstić information content (AvgIpc) is 2.62. The molecule has 2 rings (SSSR count). The highest BCUT2D eigenvalue weighted by Crippen LogP contribution is 2.23. The Labute approximate surface area is 109 Å². The van der Waals surface area contributed by atoms with Crippen LogP contribution in [0.5, 0.6) is 0 Å². The maximum atomic E-state index is 11.5. The van der Waals surface area contributed by atoms with Crippen LogP contribution in [0, 0.1) is 5.92 Å². The standard InChI is InChI=1S/C14H23N3O/c1-17-9-5-6-11(17)10-16-13-8-4-2-3-7-12(13)14(15)18/h5-6,9,12-13,16H,2-4,7-8,10H2,1H3,(H2,15,18). The number of nitrogens with zero attached hydrogens (tertiary/aromatic N) is 1. The van der Waals surface area contributed by atoms with Crippen molar-refractivity contribution in [1.82, 2.24) is 9.88 Å². The quantitative estimate of drug-likeness (QED) is 0.795. The lowest BCUT2D eigenvalue weighted by Crippen LogP contribution is -2.42. The summed E-state index contributed by atoms with van der Waals surface area (Å²) in [5.74, 6) is -0.158. The van der Waals surface area contributed by atoms with Gasteiger partial charge in [0.25, 0.3) is 0 Å². The highest BCUT2D eigenvalue weighted by molar-refractivity contribution is 5.77. The lowest BCUT2D eigenvalue weighted by atomic mass is 9.94. The molecule has 2 unspecified atom stereocenters. The van der Waals surface area contributed by atoms with Gasteiger partial charge in [-0.2, -0.15) is 0 Å². The molecule has 0 radical (unpaired) electrons. The van der Waals surface area contributed by atoms with Gasteiger partial charge in [-0.25, -0.2) is 0 Å². The third-order valence-electron chi connectivity index (χ3n) is 3.98. The summed E-state index contributed by atoms with van der Waals surface area (Å²) in [6, 6.07) is 4.37. The molecule has 1 saturated carbocycles. The molecule has 0 aromatic carbocycles. The second kappa shape index (κ2) is 6.05. The molecule has 100 valence electrons. The van der Waals surface area contributed by atoms with Crippen LogP contribution in [0.25, 0.3) is 0 Å². The van der Waals surface area contributed by atoms with Crippen molar-refractivity contribution in [2.24, 2.45) is 18.7 Å². The van der Waals surface area contributed by atoms with Gasteiger partial charge in [-0.1, -0.05) is 19.3 Å². The minimum Gasteiger partial charge on any atom is -0.369 e. The maximum absolute atomic E-state index is 11.5. The maximum Gasteiger partial charge on any atom is 0.222 e. The molecule has 2 atom stereocenters. The van der Waals surface area contributed by atoms with Gasteiger partial charge < -0.3 is 15.6 Å². The predicted octanol–water partition coefficient (Wildman–Crippen LogP) is 1.55. The normalized spacial score (nSPS) is 24.7. The summed E-state index contributed by atoms with van der Waals surface area (Å²) in [5, 5.41) is 3.51. The van der Waals surface area contributed by atoms with Gasteiger partial charge >= 0.3 is 0 Å². The Balaban J connectivity index is 1.96. The van der Waals surface area contributed by atoms with Crippen LogP contribution in [0.15, 0.2) is 18.3 Å². The smallest absolute Gasteiger partial charge is 0.222 e. The fourth-order valence-corrected chi connectivity index (χ4v) is 2.81. The van der Waals surface area contributed by atoms with Gasteiger partial charge in [-0.15, -0.1) is 0 Å². The zero-order valence-electron chi connectivity index (χ0n) is 11.1. The van der Waals surface area contributed by atoms with E-state index < -0.39 is 0 Å². The molecule has 1 fully saturated rings. The molecule has 1 aliphatic rings. The number of amides is 1. The second-order valence-corrected chi connectivity index (χ2v) is 5.24. The zero-order chi connectivity index (χ0) is 13.0. The summed E-state index contributed by atoms with van der Waals surface area (Å²) < 4.78 is 2.10. The van der Waals surface area contributed by atoms with Gasteiger partial charge in [-0.3, -0.25) is 4.79 Å². The summed E-state index contributed by atoms with van der Waals surface area (Å²) in [7, 11) is 2.04. The minimum absolute atomic E-state index is 0.00670. The number of rotatable bonds is 4. The molecule has 3 N–H and O–H groups in total. The van der Waals surface area contributed by atoms with Gasteiger partial charge in [-0.05, 0) is 25.0 Å². The van der Waals surface area contributed by atoms with Crippen LogP contribution in [0.3, 0.4) is 0 Å². The zero-order valence-corrected chi connectivity index (χ0v) is 11.1. The molecule has 1 aromatic heterocycles. The lowest BCUT2D eigenvalue weighted by Gasteiger charge is -2.23. The van der Waals surface area contributed by atoms with Crippen LogP contribution >= 0.6 is 0 Å². The van der Waals surface area contributed by atoms with E-state index in [4.69, 9.17) is 5.73 Å². The summed E-state index contributed by atoms with van der Waals surface area (Å²) in [6.07, 6.45) is 7.55. The fourth-order valence-electron chi connectivity index (χ4n) is 2.81. The third kappa shape index (κ3) is 3.13. The first-order chi connectivity index (χ1) is 8.68. The number of nitrogens with two attached hydrogens (primary N) is 1. The summed E-state index contributed by atoms with van der Waals surface area (Å²) in [5.41, 5.74) is 6.76. The van der Waals surface area contributed by atoms with Crippen LogP contribution in [-0.4, -0.2) is 16.5 Å². The van der Waals surface area contributed by atoms with Crippen molar-refractivity contribution < 1.29 is 4.79 Å². The molecule has 4 heteroatoms. The van der Waals surface area contributed by atoms with Crippen molar-refractivity contribution >= 4 is 5.91 Å². The number of aromatic nitrogens is 1. The number of carbonyl (C=O) groups excluding carboxylic acids is 1. The Kier molecular flexibility index (Phi) is 4.42. The van der Waals surface area contributed by atoms with E-state index in [-0.39, 0.29) is 17.9 Å². The lowest BCUT2D eigenvalue weighted by molar-refractivity contribution is -0.122. The monoisotopic (exact) mass is 249 g/mol. The number of aryl methyl sites for hydroxylation is 1. The molecule has 4 nitrogen and oxygen atoms in total. The van der Waals surface area contributed by atoms with E-state index >= 15 is 0 Å². The molecular weight excluding hydrogens is 226 g/mol. The van der Waals surface area contributed by atoms with Crippen LogP contribution in [-0.2, 0) is 18.4 Å². The van der Waals surface area contributed by atoms with Crippen LogP contribution < -0.4 is 11.1 Å². The summed E-state index contributed by atoms with van der Waals surface area (Å²) in [4.78, 5) is 11.5. The molecule has 0 aliphatic heterocycles. The van der Waals surface area contributed by atoms with Crippen LogP contribution in [0.4, 0.5) is 0 Å². The van der Waals surface area contributed by atoms with Crippen molar-refractivity contribution in [1.29, 1.82) is 0 Å². The van der Waals surface area contributed by atoms with Gasteiger partial charge in [0.15, 0.2) is 0 Å². The van der Waals surface area contributed by atoms with E-state index in [0.717, 1.165) is 25.8 Å². The van der Waals surface area contributed by atoms with Crippen molar-refractivity contribution in [2.45, 2.75) is 44.7 Å². The van der Waals surface area contributed by atoms with E-state index in [2.05, 4.69) is 16.0 Å². The second-order valence-electron chi connectivity index (χ2n) is 5.24. The van der Waals surface area contributed by atoms with E-state index in [0.29, 0.717) is 0 Å². The Morgan fingerprint density at radius 2 is 2.22 bits per heavy atom. The molecule has 0 bridgehead atoms. The average molecular weight is 249 g/mol. The summed E-state index contributed by atoms with van der Waals surface area (Å²) in [6.45, 7) is 0.804. The third-order valence-corrected chi connectivity index (χ3v) is 3.98. The van der Waals surface area contributed by atoms with Crippen molar-refractivity contribution in [3.05, 3.63) is 24.0 Å². The van der Waals surface area contributed by atoms with Gasteiger partial charge in [0.2, 0.25) is 5.91 Å². The number of nitrogens with one attached hydrogen (secondary N) is 1. The largest absolute Gasteiger partial charge is 0.369 e.